The SMILES string of the molecule is CS(=O)C(C)(C)[C@H](NC(=O)c1ccc(C#CC#CC2C[C@@H]2CO)cc1)C(=O)NO. The summed E-state index contributed by atoms with van der Waals surface area (Å²) in [7, 11) is -1.44. The van der Waals surface area contributed by atoms with Gasteiger partial charge in [0, 0.05) is 40.7 Å². The second kappa shape index (κ2) is 9.71. The number of amides is 2. The van der Waals surface area contributed by atoms with Crippen molar-refractivity contribution in [1.29, 1.82) is 0 Å². The van der Waals surface area contributed by atoms with Gasteiger partial charge in [-0.2, -0.15) is 0 Å². The highest BCUT2D eigenvalue weighted by molar-refractivity contribution is 7.85. The van der Waals surface area contributed by atoms with E-state index in [9.17, 15) is 13.8 Å². The highest BCUT2D eigenvalue weighted by atomic mass is 32.2. The largest absolute Gasteiger partial charge is 0.396 e. The first-order valence-electron chi connectivity index (χ1n) is 9.01. The number of hydroxylamine groups is 1. The molecule has 0 aromatic heterocycles. The van der Waals surface area contributed by atoms with Gasteiger partial charge in [0.1, 0.15) is 6.04 Å². The molecular formula is C21H24N2O5S. The Morgan fingerprint density at radius 1 is 1.28 bits per heavy atom. The van der Waals surface area contributed by atoms with Gasteiger partial charge in [-0.25, -0.2) is 5.48 Å². The third-order valence-corrected chi connectivity index (χ3v) is 6.63. The van der Waals surface area contributed by atoms with Gasteiger partial charge in [0.05, 0.1) is 4.75 Å². The molecule has 29 heavy (non-hydrogen) atoms. The Morgan fingerprint density at radius 3 is 2.45 bits per heavy atom. The minimum absolute atomic E-state index is 0.155. The van der Waals surface area contributed by atoms with E-state index in [1.807, 2.05) is 0 Å². The molecule has 4 atom stereocenters. The van der Waals surface area contributed by atoms with E-state index < -0.39 is 33.4 Å². The molecule has 1 aliphatic rings. The Labute approximate surface area is 172 Å². The molecule has 8 heteroatoms. The molecule has 2 unspecified atom stereocenters. The van der Waals surface area contributed by atoms with Gasteiger partial charge >= 0.3 is 0 Å². The van der Waals surface area contributed by atoms with E-state index in [0.717, 1.165) is 6.42 Å². The number of carbonyl (C=O) groups excluding carboxylic acids is 2. The molecule has 1 aromatic carbocycles. The lowest BCUT2D eigenvalue weighted by atomic mass is 10.0. The average molecular weight is 416 g/mol. The number of benzene rings is 1. The third-order valence-electron chi connectivity index (χ3n) is 4.91. The van der Waals surface area contributed by atoms with E-state index in [0.29, 0.717) is 11.1 Å². The Kier molecular flexibility index (Phi) is 7.58. The van der Waals surface area contributed by atoms with Crippen molar-refractivity contribution in [1.82, 2.24) is 10.8 Å². The summed E-state index contributed by atoms with van der Waals surface area (Å²) < 4.78 is 10.9. The van der Waals surface area contributed by atoms with Crippen LogP contribution >= 0.6 is 0 Å². The number of hydrogen-bond acceptors (Lipinski definition) is 5. The van der Waals surface area contributed by atoms with E-state index in [2.05, 4.69) is 29.0 Å². The predicted molar refractivity (Wildman–Crippen MR) is 109 cm³/mol. The highest BCUT2D eigenvalue weighted by Crippen LogP contribution is 2.36. The van der Waals surface area contributed by atoms with Crippen molar-refractivity contribution in [2.75, 3.05) is 12.9 Å². The van der Waals surface area contributed by atoms with E-state index in [1.165, 1.54) is 11.7 Å². The zero-order chi connectivity index (χ0) is 21.6. The molecular weight excluding hydrogens is 392 g/mol. The summed E-state index contributed by atoms with van der Waals surface area (Å²) in [6.07, 6.45) is 2.33. The van der Waals surface area contributed by atoms with Crippen LogP contribution in [0.15, 0.2) is 24.3 Å². The summed E-state index contributed by atoms with van der Waals surface area (Å²) in [5.74, 6) is 10.5. The van der Waals surface area contributed by atoms with Gasteiger partial charge in [-0.05, 0) is 62.3 Å². The number of carbonyl (C=O) groups is 2. The van der Waals surface area contributed by atoms with Crippen molar-refractivity contribution in [2.45, 2.75) is 31.1 Å². The van der Waals surface area contributed by atoms with E-state index in [4.69, 9.17) is 10.3 Å². The molecule has 154 valence electrons. The first kappa shape index (κ1) is 22.6. The Hall–Kier alpha value is -2.65. The third kappa shape index (κ3) is 5.91. The van der Waals surface area contributed by atoms with Gasteiger partial charge in [0.15, 0.2) is 0 Å². The second-order valence-corrected chi connectivity index (χ2v) is 9.28. The smallest absolute Gasteiger partial charge is 0.267 e. The van der Waals surface area contributed by atoms with Gasteiger partial charge in [-0.3, -0.25) is 19.0 Å². The quantitative estimate of drug-likeness (QED) is 0.305. The summed E-state index contributed by atoms with van der Waals surface area (Å²) in [4.78, 5) is 24.5. The van der Waals surface area contributed by atoms with Crippen molar-refractivity contribution in [3.63, 3.8) is 0 Å². The molecule has 0 radical (unpaired) electrons. The van der Waals surface area contributed by atoms with Crippen LogP contribution < -0.4 is 10.8 Å². The Balaban J connectivity index is 2.06. The maximum atomic E-state index is 12.5. The van der Waals surface area contributed by atoms with Gasteiger partial charge in [-0.15, -0.1) is 0 Å². The molecule has 7 nitrogen and oxygen atoms in total. The van der Waals surface area contributed by atoms with Gasteiger partial charge in [-0.1, -0.05) is 11.8 Å². The lowest BCUT2D eigenvalue weighted by molar-refractivity contribution is -0.131. The number of rotatable bonds is 6. The molecule has 0 heterocycles. The molecule has 1 saturated carbocycles. The number of aliphatic hydroxyl groups is 1. The molecule has 0 bridgehead atoms. The Bertz CT molecular complexity index is 918. The van der Waals surface area contributed by atoms with E-state index in [-0.39, 0.29) is 18.4 Å². The van der Waals surface area contributed by atoms with Crippen LogP contribution in [0, 0.1) is 35.5 Å². The molecule has 2 rings (SSSR count). The lowest BCUT2D eigenvalue weighted by Crippen LogP contribution is -2.58. The summed E-state index contributed by atoms with van der Waals surface area (Å²) in [5.41, 5.74) is 2.47. The summed E-state index contributed by atoms with van der Waals surface area (Å²) in [5, 5.41) is 20.4. The standard InChI is InChI=1S/C21H24N2O5S/c1-21(2,29(3)28)18(20(26)23-27)22-19(25)15-10-8-14(9-11-15)6-4-5-7-16-12-17(16)13-24/h8-11,16-18,24,27H,12-13H2,1-3H3,(H,22,25)(H,23,26)/t16?,17-,18-,29?/m1/s1. The second-order valence-electron chi connectivity index (χ2n) is 7.32. The minimum Gasteiger partial charge on any atom is -0.396 e. The zero-order valence-corrected chi connectivity index (χ0v) is 17.3. The lowest BCUT2D eigenvalue weighted by Gasteiger charge is -2.31. The maximum Gasteiger partial charge on any atom is 0.267 e. The molecule has 0 saturated heterocycles. The summed E-state index contributed by atoms with van der Waals surface area (Å²) >= 11 is 0. The first-order chi connectivity index (χ1) is 13.7. The number of aliphatic hydroxyl groups excluding tert-OH is 1. The minimum atomic E-state index is -1.44. The van der Waals surface area contributed by atoms with E-state index in [1.54, 1.807) is 38.1 Å². The topological polar surface area (TPSA) is 116 Å². The van der Waals surface area contributed by atoms with Crippen LogP contribution in [0.2, 0.25) is 0 Å². The predicted octanol–water partition coefficient (Wildman–Crippen LogP) is 0.431. The van der Waals surface area contributed by atoms with Crippen LogP contribution in [0.3, 0.4) is 0 Å². The molecule has 0 spiro atoms. The number of nitrogens with one attached hydrogen (secondary N) is 2. The normalized spacial score (nSPS) is 19.5. The fourth-order valence-electron chi connectivity index (χ4n) is 2.56. The van der Waals surface area contributed by atoms with Crippen molar-refractivity contribution < 1.29 is 24.1 Å². The van der Waals surface area contributed by atoms with Gasteiger partial charge < -0.3 is 10.4 Å². The maximum absolute atomic E-state index is 12.5. The number of hydrogen-bond donors (Lipinski definition) is 4. The Morgan fingerprint density at radius 2 is 1.93 bits per heavy atom. The van der Waals surface area contributed by atoms with Crippen molar-refractivity contribution in [3.05, 3.63) is 35.4 Å². The zero-order valence-electron chi connectivity index (χ0n) is 16.5. The molecule has 4 N–H and O–H groups in total. The molecule has 1 fully saturated rings. The van der Waals surface area contributed by atoms with Crippen LogP contribution in [0.1, 0.15) is 36.2 Å². The van der Waals surface area contributed by atoms with Crippen LogP contribution in [-0.4, -0.2) is 50.0 Å². The van der Waals surface area contributed by atoms with Crippen LogP contribution in [-0.2, 0) is 15.6 Å². The summed E-state index contributed by atoms with van der Waals surface area (Å²) in [6, 6.07) is 5.23. The van der Waals surface area contributed by atoms with Crippen molar-refractivity contribution in [2.24, 2.45) is 11.8 Å². The van der Waals surface area contributed by atoms with Crippen LogP contribution in [0.25, 0.3) is 0 Å². The van der Waals surface area contributed by atoms with E-state index >= 15 is 0 Å². The molecule has 0 aliphatic heterocycles. The fourth-order valence-corrected chi connectivity index (χ4v) is 3.06. The average Bonchev–Trinajstić information content (AvgIpc) is 3.47. The first-order valence-corrected chi connectivity index (χ1v) is 10.6. The van der Waals surface area contributed by atoms with Crippen LogP contribution in [0.5, 0.6) is 0 Å². The van der Waals surface area contributed by atoms with Gasteiger partial charge in [0.2, 0.25) is 0 Å². The summed E-state index contributed by atoms with van der Waals surface area (Å²) in [6.45, 7) is 3.28. The van der Waals surface area contributed by atoms with Crippen LogP contribution in [0.4, 0.5) is 0 Å². The van der Waals surface area contributed by atoms with Crippen molar-refractivity contribution >= 4 is 22.6 Å². The van der Waals surface area contributed by atoms with Gasteiger partial charge in [0.25, 0.3) is 11.8 Å². The highest BCUT2D eigenvalue weighted by Gasteiger charge is 2.40. The monoisotopic (exact) mass is 416 g/mol. The fraction of sp³-hybridized carbons (Fsp3) is 0.429. The van der Waals surface area contributed by atoms with Crippen molar-refractivity contribution in [3.8, 4) is 23.7 Å². The molecule has 1 aromatic rings. The molecule has 1 aliphatic carbocycles. The molecule has 2 amide bonds.